The van der Waals surface area contributed by atoms with Crippen LogP contribution in [-0.2, 0) is 17.6 Å². The molecule has 10 N–H and O–H groups in total. The van der Waals surface area contributed by atoms with Gasteiger partial charge in [0.1, 0.15) is 18.6 Å². The van der Waals surface area contributed by atoms with Gasteiger partial charge in [-0.05, 0) is 36.5 Å². The maximum Gasteiger partial charge on any atom is 0.347 e. The number of aryl methyl sites for hydroxylation is 1. The van der Waals surface area contributed by atoms with E-state index < -0.39 is 41.5 Å². The fraction of sp³-hybridized carbons (Fsp3) is 0.522. The largest absolute Gasteiger partial charge is 0.358 e. The molecule has 14 nitrogen and oxygen atoms in total. The first-order chi connectivity index (χ1) is 17.5. The molecule has 4 atom stereocenters. The van der Waals surface area contributed by atoms with Crippen molar-refractivity contribution in [1.82, 2.24) is 25.8 Å². The number of nitrogens with one attached hydrogen (secondary N) is 4. The number of imide groups is 1. The normalized spacial score (nSPS) is 31.5. The number of guanidine groups is 2. The second-order valence-electron chi connectivity index (χ2n) is 10.4. The van der Waals surface area contributed by atoms with E-state index in [0.29, 0.717) is 5.56 Å². The van der Waals surface area contributed by atoms with E-state index in [-0.39, 0.29) is 37.5 Å². The molecule has 2 fully saturated rings. The summed E-state index contributed by atoms with van der Waals surface area (Å²) in [7, 11) is 1.53. The number of carbonyl (C=O) groups is 3. The van der Waals surface area contributed by atoms with Crippen LogP contribution in [0.5, 0.6) is 0 Å². The first kappa shape index (κ1) is 23.5. The van der Waals surface area contributed by atoms with Gasteiger partial charge in [0.05, 0.1) is 13.1 Å². The fourth-order valence-electron chi connectivity index (χ4n) is 6.51. The third-order valence-corrected chi connectivity index (χ3v) is 8.26. The molecule has 0 radical (unpaired) electrons. The van der Waals surface area contributed by atoms with Crippen LogP contribution in [0, 0.1) is 0 Å². The first-order valence-corrected chi connectivity index (χ1v) is 12.3. The molecule has 196 valence electrons. The molecule has 5 aliphatic rings. The quantitative estimate of drug-likeness (QED) is 0.110. The number of hydrogen-bond acceptors (Lipinski definition) is 9. The van der Waals surface area contributed by atoms with Gasteiger partial charge in [-0.1, -0.05) is 12.1 Å². The fourth-order valence-corrected chi connectivity index (χ4v) is 6.51. The van der Waals surface area contributed by atoms with Gasteiger partial charge in [-0.2, -0.15) is 0 Å². The average molecular weight is 514 g/mol. The Bertz CT molecular complexity index is 1290. The molecule has 0 bridgehead atoms. The van der Waals surface area contributed by atoms with E-state index in [0.717, 1.165) is 35.3 Å². The van der Waals surface area contributed by atoms with Crippen molar-refractivity contribution in [2.45, 2.75) is 48.8 Å². The maximum absolute atomic E-state index is 13.3. The first-order valence-electron chi connectivity index (χ1n) is 12.3. The number of urea groups is 1. The molecule has 4 amide bonds. The number of carbonyl (C=O) groups excluding carboxylic acids is 3. The van der Waals surface area contributed by atoms with Gasteiger partial charge in [0.15, 0.2) is 6.04 Å². The maximum atomic E-state index is 13.3. The predicted molar refractivity (Wildman–Crippen MR) is 128 cm³/mol. The van der Waals surface area contributed by atoms with Crippen LogP contribution in [0.4, 0.5) is 4.79 Å². The second kappa shape index (κ2) is 7.79. The molecule has 6 rings (SSSR count). The minimum absolute atomic E-state index is 0.0396. The molecule has 4 heterocycles. The third kappa shape index (κ3) is 3.15. The molecule has 14 heteroatoms. The molecule has 1 unspecified atom stereocenters. The number of nitrogens with two attached hydrogens (primary N) is 2. The standard InChI is InChI=1S/C23H29N9O5/c1-30-10-16(33)31(21(30)35)8-14-17-22(29-19(24)28-17)23(36,37)15(9-32(22)20(25)26-14)27-18(34)13-7-3-5-11-4-2-6-12(11)13/h3,5,7,14-15,17,36-37H,2,4,6,8-10H2,1H3,(H6,24,25,26,27,28,29,34)/p+2/t14-,15?,17-,22-/m0/s1. The highest BCUT2D eigenvalue weighted by molar-refractivity contribution is 6.02. The second-order valence-corrected chi connectivity index (χ2v) is 10.4. The molecule has 1 aliphatic carbocycles. The van der Waals surface area contributed by atoms with E-state index in [1.807, 2.05) is 12.1 Å². The van der Waals surface area contributed by atoms with Gasteiger partial charge < -0.3 is 20.4 Å². The van der Waals surface area contributed by atoms with Gasteiger partial charge in [0, 0.05) is 12.6 Å². The molecule has 0 aromatic heterocycles. The summed E-state index contributed by atoms with van der Waals surface area (Å²) in [4.78, 5) is 43.7. The number of benzene rings is 1. The summed E-state index contributed by atoms with van der Waals surface area (Å²) in [6, 6.07) is 2.38. The highest BCUT2D eigenvalue weighted by Crippen LogP contribution is 2.38. The van der Waals surface area contributed by atoms with Gasteiger partial charge in [0.25, 0.3) is 17.4 Å². The lowest BCUT2D eigenvalue weighted by Gasteiger charge is -2.41. The van der Waals surface area contributed by atoms with Gasteiger partial charge in [0.2, 0.25) is 5.91 Å². The Morgan fingerprint density at radius 2 is 2.08 bits per heavy atom. The predicted octanol–water partition coefficient (Wildman–Crippen LogP) is -5.78. The summed E-state index contributed by atoms with van der Waals surface area (Å²) in [5, 5.41) is 32.1. The zero-order valence-electron chi connectivity index (χ0n) is 20.3. The molecule has 37 heavy (non-hydrogen) atoms. The van der Waals surface area contributed by atoms with Crippen molar-refractivity contribution >= 4 is 29.8 Å². The Morgan fingerprint density at radius 1 is 1.30 bits per heavy atom. The average Bonchev–Trinajstić information content (AvgIpc) is 3.57. The number of hydrogen-bond donors (Lipinski definition) is 8. The topological polar surface area (TPSA) is 203 Å². The van der Waals surface area contributed by atoms with Crippen LogP contribution >= 0.6 is 0 Å². The van der Waals surface area contributed by atoms with Gasteiger partial charge in [-0.15, -0.1) is 0 Å². The van der Waals surface area contributed by atoms with Crippen LogP contribution in [-0.4, -0.2) is 111 Å². The van der Waals surface area contributed by atoms with Gasteiger partial charge >= 0.3 is 18.0 Å². The Morgan fingerprint density at radius 3 is 2.81 bits per heavy atom. The zero-order chi connectivity index (χ0) is 26.3. The summed E-state index contributed by atoms with van der Waals surface area (Å²) in [5.41, 5.74) is 13.4. The lowest BCUT2D eigenvalue weighted by Crippen LogP contribution is -2.92. The van der Waals surface area contributed by atoms with E-state index in [2.05, 4.69) is 20.9 Å². The van der Waals surface area contributed by atoms with E-state index in [1.54, 1.807) is 6.07 Å². The van der Waals surface area contributed by atoms with Crippen molar-refractivity contribution in [2.24, 2.45) is 11.5 Å². The van der Waals surface area contributed by atoms with Gasteiger partial charge in [-0.3, -0.25) is 36.3 Å². The SMILES string of the molecule is CN1CC(=O)N(C[C@@H]2NC(N)=[N+]3CC(NC(=O)c4cccc5c4CCC5)C(O)(O)[C@@]34NC(N)=[NH+][C@@H]24)C1=O. The molecule has 1 aromatic rings. The van der Waals surface area contributed by atoms with E-state index >= 15 is 0 Å². The molecule has 4 aliphatic heterocycles. The van der Waals surface area contributed by atoms with Crippen LogP contribution in [0.1, 0.15) is 27.9 Å². The smallest absolute Gasteiger partial charge is 0.347 e. The number of rotatable bonds is 4. The van der Waals surface area contributed by atoms with Crippen molar-refractivity contribution in [2.75, 3.05) is 26.7 Å². The lowest BCUT2D eigenvalue weighted by molar-refractivity contribution is -0.674. The summed E-state index contributed by atoms with van der Waals surface area (Å²) >= 11 is 0. The van der Waals surface area contributed by atoms with Crippen molar-refractivity contribution in [1.29, 1.82) is 0 Å². The number of amides is 4. The van der Waals surface area contributed by atoms with Crippen molar-refractivity contribution in [3.8, 4) is 0 Å². The highest BCUT2D eigenvalue weighted by Gasteiger charge is 2.78. The van der Waals surface area contributed by atoms with Crippen LogP contribution < -0.4 is 32.4 Å². The number of fused-ring (bicyclic) bond motifs is 1. The minimum atomic E-state index is -2.56. The number of aliphatic hydroxyl groups is 2. The van der Waals surface area contributed by atoms with Crippen molar-refractivity contribution < 1.29 is 34.2 Å². The number of likely N-dealkylation sites (N-methyl/N-ethyl adjacent to an activating group) is 1. The van der Waals surface area contributed by atoms with Crippen molar-refractivity contribution in [3.05, 3.63) is 34.9 Å². The summed E-state index contributed by atoms with van der Waals surface area (Å²) in [5.74, 6) is -3.19. The molecular weight excluding hydrogens is 482 g/mol. The van der Waals surface area contributed by atoms with E-state index in [9.17, 15) is 24.6 Å². The molecular formula is C23H31N9O5+2. The monoisotopic (exact) mass is 513 g/mol. The lowest BCUT2D eigenvalue weighted by atomic mass is 9.85. The molecule has 2 saturated heterocycles. The minimum Gasteiger partial charge on any atom is -0.358 e. The third-order valence-electron chi connectivity index (χ3n) is 8.26. The van der Waals surface area contributed by atoms with Crippen LogP contribution in [0.3, 0.4) is 0 Å². The van der Waals surface area contributed by atoms with E-state index in [4.69, 9.17) is 11.5 Å². The summed E-state index contributed by atoms with van der Waals surface area (Å²) in [6.45, 7) is -0.176. The highest BCUT2D eigenvalue weighted by atomic mass is 16.5. The molecule has 0 saturated carbocycles. The molecule has 1 spiro atoms. The summed E-state index contributed by atoms with van der Waals surface area (Å²) < 4.78 is 1.52. The van der Waals surface area contributed by atoms with Crippen LogP contribution in [0.15, 0.2) is 18.2 Å². The Balaban J connectivity index is 1.32. The van der Waals surface area contributed by atoms with Crippen molar-refractivity contribution in [3.63, 3.8) is 0 Å². The Hall–Kier alpha value is -3.91. The van der Waals surface area contributed by atoms with Crippen LogP contribution in [0.2, 0.25) is 0 Å². The van der Waals surface area contributed by atoms with Gasteiger partial charge in [-0.25, -0.2) is 14.7 Å². The molecule has 1 aromatic carbocycles. The van der Waals surface area contributed by atoms with Crippen LogP contribution in [0.25, 0.3) is 0 Å². The zero-order valence-corrected chi connectivity index (χ0v) is 20.3. The Kier molecular flexibility index (Phi) is 4.95. The Labute approximate surface area is 212 Å². The summed E-state index contributed by atoms with van der Waals surface area (Å²) in [6.07, 6.45) is 2.66. The van der Waals surface area contributed by atoms with E-state index in [1.165, 1.54) is 16.5 Å². The number of nitrogens with zero attached hydrogens (tertiary/aromatic N) is 3.